The van der Waals surface area contributed by atoms with Crippen LogP contribution in [0.2, 0.25) is 0 Å². The lowest BCUT2D eigenvalue weighted by molar-refractivity contribution is 0.553. The largest absolute Gasteiger partial charge is 0.417 e. The Kier molecular flexibility index (Phi) is 3.61. The van der Waals surface area contributed by atoms with Crippen LogP contribution in [0.15, 0.2) is 32.3 Å². The summed E-state index contributed by atoms with van der Waals surface area (Å²) in [7, 11) is -1.96. The quantitative estimate of drug-likeness (QED) is 0.737. The van der Waals surface area contributed by atoms with Crippen LogP contribution in [0.1, 0.15) is 17.0 Å². The molecule has 8 nitrogen and oxygen atoms in total. The summed E-state index contributed by atoms with van der Waals surface area (Å²) in [6, 6.07) is 4.72. The highest BCUT2D eigenvalue weighted by molar-refractivity contribution is 7.89. The van der Waals surface area contributed by atoms with Crippen molar-refractivity contribution in [2.75, 3.05) is 0 Å². The van der Waals surface area contributed by atoms with Gasteiger partial charge in [0.15, 0.2) is 5.58 Å². The molecule has 0 amide bonds. The molecular weight excluding hydrogens is 320 g/mol. The normalized spacial score (nSPS) is 12.1. The van der Waals surface area contributed by atoms with Crippen molar-refractivity contribution in [3.63, 3.8) is 0 Å². The van der Waals surface area contributed by atoms with E-state index in [4.69, 9.17) is 4.42 Å². The van der Waals surface area contributed by atoms with Gasteiger partial charge in [0.25, 0.3) is 0 Å². The van der Waals surface area contributed by atoms with E-state index < -0.39 is 15.8 Å². The molecule has 0 atom stereocenters. The molecule has 0 spiro atoms. The number of benzene rings is 1. The first-order valence-electron chi connectivity index (χ1n) is 6.89. The first-order chi connectivity index (χ1) is 10.8. The second-order valence-corrected chi connectivity index (χ2v) is 7.09. The topological polar surface area (TPSA) is 110 Å². The van der Waals surface area contributed by atoms with Gasteiger partial charge in [-0.2, -0.15) is 5.10 Å². The highest BCUT2D eigenvalue weighted by atomic mass is 32.2. The van der Waals surface area contributed by atoms with Gasteiger partial charge in [-0.3, -0.25) is 9.67 Å². The summed E-state index contributed by atoms with van der Waals surface area (Å²) in [6.07, 6.45) is 0. The van der Waals surface area contributed by atoms with Crippen molar-refractivity contribution in [3.8, 4) is 0 Å². The van der Waals surface area contributed by atoms with Crippen molar-refractivity contribution in [2.45, 2.75) is 25.3 Å². The second-order valence-electron chi connectivity index (χ2n) is 5.35. The van der Waals surface area contributed by atoms with E-state index in [1.54, 1.807) is 24.7 Å². The summed E-state index contributed by atoms with van der Waals surface area (Å²) in [5.74, 6) is -0.620. The Bertz CT molecular complexity index is 1020. The van der Waals surface area contributed by atoms with Gasteiger partial charge in [0.2, 0.25) is 10.0 Å². The van der Waals surface area contributed by atoms with Gasteiger partial charge in [0.05, 0.1) is 22.7 Å². The number of aromatic nitrogens is 3. The predicted molar refractivity (Wildman–Crippen MR) is 83.5 cm³/mol. The number of hydrogen-bond donors (Lipinski definition) is 2. The van der Waals surface area contributed by atoms with E-state index in [9.17, 15) is 13.2 Å². The third kappa shape index (κ3) is 2.92. The van der Waals surface area contributed by atoms with Crippen LogP contribution in [0.4, 0.5) is 0 Å². The van der Waals surface area contributed by atoms with Crippen LogP contribution in [0.3, 0.4) is 0 Å². The van der Waals surface area contributed by atoms with Gasteiger partial charge in [-0.25, -0.2) is 17.9 Å². The van der Waals surface area contributed by atoms with E-state index >= 15 is 0 Å². The zero-order valence-corrected chi connectivity index (χ0v) is 13.7. The molecule has 3 rings (SSSR count). The first-order valence-corrected chi connectivity index (χ1v) is 8.37. The third-order valence-electron chi connectivity index (χ3n) is 3.61. The van der Waals surface area contributed by atoms with E-state index in [-0.39, 0.29) is 17.0 Å². The maximum Gasteiger partial charge on any atom is 0.417 e. The standard InChI is InChI=1S/C14H16N4O4S/c1-8-4-11-12(22-14(19)16-11)6-13(8)23(20,21)15-7-10-5-9(2)18(3)17-10/h4-6,15H,7H2,1-3H3,(H,16,19). The number of nitrogens with one attached hydrogen (secondary N) is 2. The predicted octanol–water partition coefficient (Wildman–Crippen LogP) is 0.950. The van der Waals surface area contributed by atoms with Crippen LogP contribution in [0, 0.1) is 13.8 Å². The fraction of sp³-hybridized carbons (Fsp3) is 0.286. The van der Waals surface area contributed by atoms with Crippen molar-refractivity contribution >= 4 is 21.1 Å². The number of fused-ring (bicyclic) bond motifs is 1. The highest BCUT2D eigenvalue weighted by Gasteiger charge is 2.19. The van der Waals surface area contributed by atoms with Crippen LogP contribution >= 0.6 is 0 Å². The molecule has 0 bridgehead atoms. The smallest absolute Gasteiger partial charge is 0.408 e. The summed E-state index contributed by atoms with van der Waals surface area (Å²) in [5.41, 5.74) is 2.74. The van der Waals surface area contributed by atoms with Crippen molar-refractivity contribution in [2.24, 2.45) is 7.05 Å². The lowest BCUT2D eigenvalue weighted by Crippen LogP contribution is -2.24. The van der Waals surface area contributed by atoms with Crippen LogP contribution in [-0.2, 0) is 23.6 Å². The SMILES string of the molecule is Cc1cc2[nH]c(=O)oc2cc1S(=O)(=O)NCc1cc(C)n(C)n1. The zero-order chi connectivity index (χ0) is 16.8. The molecular formula is C14H16N4O4S. The zero-order valence-electron chi connectivity index (χ0n) is 12.9. The number of nitrogens with zero attached hydrogens (tertiary/aromatic N) is 2. The Morgan fingerprint density at radius 1 is 1.30 bits per heavy atom. The van der Waals surface area contributed by atoms with Gasteiger partial charge in [0.1, 0.15) is 0 Å². The molecule has 2 aromatic heterocycles. The number of hydrogen-bond acceptors (Lipinski definition) is 5. The van der Waals surface area contributed by atoms with Crippen LogP contribution in [0.25, 0.3) is 11.1 Å². The molecule has 0 saturated heterocycles. The minimum Gasteiger partial charge on any atom is -0.408 e. The molecule has 2 heterocycles. The van der Waals surface area contributed by atoms with Gasteiger partial charge in [-0.05, 0) is 31.5 Å². The van der Waals surface area contributed by atoms with E-state index in [2.05, 4.69) is 14.8 Å². The van der Waals surface area contributed by atoms with Crippen molar-refractivity contribution in [1.29, 1.82) is 0 Å². The average molecular weight is 336 g/mol. The van der Waals surface area contributed by atoms with Gasteiger partial charge in [-0.1, -0.05) is 0 Å². The fourth-order valence-corrected chi connectivity index (χ4v) is 3.58. The Morgan fingerprint density at radius 2 is 2.04 bits per heavy atom. The molecule has 23 heavy (non-hydrogen) atoms. The monoisotopic (exact) mass is 336 g/mol. The van der Waals surface area contributed by atoms with Gasteiger partial charge >= 0.3 is 5.76 Å². The van der Waals surface area contributed by atoms with E-state index in [1.807, 2.05) is 13.0 Å². The van der Waals surface area contributed by atoms with Crippen molar-refractivity contribution < 1.29 is 12.8 Å². The maximum absolute atomic E-state index is 12.5. The van der Waals surface area contributed by atoms with Gasteiger partial charge in [0, 0.05) is 18.8 Å². The molecule has 0 radical (unpaired) electrons. The van der Waals surface area contributed by atoms with Crippen LogP contribution < -0.4 is 10.5 Å². The van der Waals surface area contributed by atoms with Crippen LogP contribution in [-0.4, -0.2) is 23.2 Å². The second kappa shape index (κ2) is 5.36. The molecule has 0 aliphatic carbocycles. The maximum atomic E-state index is 12.5. The number of oxazole rings is 1. The number of sulfonamides is 1. The van der Waals surface area contributed by atoms with Gasteiger partial charge < -0.3 is 4.42 Å². The lowest BCUT2D eigenvalue weighted by atomic mass is 10.2. The number of aromatic amines is 1. The molecule has 0 unspecified atom stereocenters. The number of H-pyrrole nitrogens is 1. The van der Waals surface area contributed by atoms with E-state index in [0.717, 1.165) is 5.69 Å². The molecule has 0 fully saturated rings. The Labute approximate surface area is 132 Å². The summed E-state index contributed by atoms with van der Waals surface area (Å²) in [6.45, 7) is 3.62. The molecule has 0 saturated carbocycles. The molecule has 0 aliphatic rings. The van der Waals surface area contributed by atoms with E-state index in [0.29, 0.717) is 16.8 Å². The number of rotatable bonds is 4. The Balaban J connectivity index is 1.92. The minimum atomic E-state index is -3.75. The van der Waals surface area contributed by atoms with Crippen molar-refractivity contribution in [3.05, 3.63) is 45.7 Å². The van der Waals surface area contributed by atoms with Crippen LogP contribution in [0.5, 0.6) is 0 Å². The van der Waals surface area contributed by atoms with Gasteiger partial charge in [-0.15, -0.1) is 0 Å². The van der Waals surface area contributed by atoms with E-state index in [1.165, 1.54) is 6.07 Å². The number of aryl methyl sites for hydroxylation is 3. The molecule has 122 valence electrons. The Morgan fingerprint density at radius 3 is 2.70 bits per heavy atom. The average Bonchev–Trinajstić information content (AvgIpc) is 2.97. The summed E-state index contributed by atoms with van der Waals surface area (Å²) < 4.78 is 34.1. The molecule has 2 N–H and O–H groups in total. The molecule has 3 aromatic rings. The highest BCUT2D eigenvalue weighted by Crippen LogP contribution is 2.21. The fourth-order valence-electron chi connectivity index (χ4n) is 2.34. The minimum absolute atomic E-state index is 0.0698. The molecule has 9 heteroatoms. The summed E-state index contributed by atoms with van der Waals surface area (Å²) in [5, 5.41) is 4.21. The Hall–Kier alpha value is -2.39. The van der Waals surface area contributed by atoms with Crippen molar-refractivity contribution in [1.82, 2.24) is 19.5 Å². The first kappa shape index (κ1) is 15.5. The molecule has 1 aromatic carbocycles. The lowest BCUT2D eigenvalue weighted by Gasteiger charge is -2.08. The summed E-state index contributed by atoms with van der Waals surface area (Å²) >= 11 is 0. The molecule has 0 aliphatic heterocycles. The summed E-state index contributed by atoms with van der Waals surface area (Å²) in [4.78, 5) is 13.8. The third-order valence-corrected chi connectivity index (χ3v) is 5.16.